The second kappa shape index (κ2) is 19.4. The van der Waals surface area contributed by atoms with E-state index in [1.54, 1.807) is 60.7 Å². The van der Waals surface area contributed by atoms with Gasteiger partial charge in [-0.15, -0.1) is 14.6 Å². The van der Waals surface area contributed by atoms with Crippen LogP contribution in [0.25, 0.3) is 10.8 Å². The molecule has 0 fully saturated rings. The van der Waals surface area contributed by atoms with Crippen LogP contribution in [0.1, 0.15) is 19.8 Å². The molecule has 0 bridgehead atoms. The van der Waals surface area contributed by atoms with Crippen molar-refractivity contribution in [1.29, 1.82) is 0 Å². The molecule has 5 rings (SSSR count). The van der Waals surface area contributed by atoms with E-state index in [0.717, 1.165) is 18.2 Å². The summed E-state index contributed by atoms with van der Waals surface area (Å²) in [5.41, 5.74) is 8.42. The van der Waals surface area contributed by atoms with E-state index in [1.807, 2.05) is 13.0 Å². The predicted molar refractivity (Wildman–Crippen MR) is 207 cm³/mol. The number of rotatable bonds is 16. The van der Waals surface area contributed by atoms with Crippen LogP contribution in [0.4, 0.5) is 39.8 Å². The van der Waals surface area contributed by atoms with Gasteiger partial charge in [0.1, 0.15) is 11.4 Å². The van der Waals surface area contributed by atoms with Crippen molar-refractivity contribution in [3.63, 3.8) is 0 Å². The van der Waals surface area contributed by atoms with Crippen LogP contribution in [0.2, 0.25) is 0 Å². The maximum absolute atomic E-state index is 12.5. The zero-order valence-electron chi connectivity index (χ0n) is 28.8. The number of nitrogens with two attached hydrogens (primary N) is 1. The van der Waals surface area contributed by atoms with Crippen LogP contribution >= 0.6 is 23.8 Å². The fourth-order valence-electron chi connectivity index (χ4n) is 4.57. The first-order valence-electron chi connectivity index (χ1n) is 15.9. The first-order valence-corrected chi connectivity index (χ1v) is 20.4. The number of benzene rings is 5. The van der Waals surface area contributed by atoms with Crippen LogP contribution in [0.3, 0.4) is 0 Å². The van der Waals surface area contributed by atoms with Gasteiger partial charge in [0.05, 0.1) is 56.0 Å². The minimum Gasteiger partial charge on any atom is -0.505 e. The Hall–Kier alpha value is -5.48. The third kappa shape index (κ3) is 11.8. The van der Waals surface area contributed by atoms with Crippen molar-refractivity contribution in [2.45, 2.75) is 34.5 Å². The summed E-state index contributed by atoms with van der Waals surface area (Å²) in [7, 11) is -8.18. The monoisotopic (exact) mass is 839 g/mol. The molecule has 0 saturated heterocycles. The average Bonchev–Trinajstić information content (AvgIpc) is 3.18. The Balaban J connectivity index is 1.32. The number of anilines is 1. The molecule has 5 aromatic carbocycles. The van der Waals surface area contributed by atoms with Gasteiger partial charge < -0.3 is 10.8 Å². The number of hydrogen-bond donors (Lipinski definition) is 4. The molecule has 18 nitrogen and oxygen atoms in total. The van der Waals surface area contributed by atoms with Crippen molar-refractivity contribution in [1.82, 2.24) is 0 Å². The van der Waals surface area contributed by atoms with E-state index in [1.165, 1.54) is 30.3 Å². The fraction of sp³-hybridized carbons (Fsp3) is 0.118. The van der Waals surface area contributed by atoms with Gasteiger partial charge in [-0.2, -0.15) is 28.9 Å². The summed E-state index contributed by atoms with van der Waals surface area (Å²) in [4.78, 5) is 5.07. The third-order valence-electron chi connectivity index (χ3n) is 7.22. The minimum absolute atomic E-state index is 0.0256. The van der Waals surface area contributed by atoms with Gasteiger partial charge in [-0.3, -0.25) is 9.44 Å². The van der Waals surface area contributed by atoms with Crippen molar-refractivity contribution >= 4 is 94.6 Å². The lowest BCUT2D eigenvalue weighted by atomic mass is 10.1. The Kier molecular flexibility index (Phi) is 14.4. The van der Waals surface area contributed by atoms with Gasteiger partial charge in [-0.25, -0.2) is 13.7 Å². The number of fused-ring (bicyclic) bond motifs is 1. The number of phenols is 1. The molecule has 5 aromatic rings. The van der Waals surface area contributed by atoms with E-state index in [0.29, 0.717) is 56.9 Å². The molecule has 5 N–H and O–H groups in total. The van der Waals surface area contributed by atoms with Gasteiger partial charge in [0.2, 0.25) is 0 Å². The van der Waals surface area contributed by atoms with Crippen LogP contribution in [-0.2, 0) is 38.8 Å². The van der Waals surface area contributed by atoms with Crippen molar-refractivity contribution in [2.24, 2.45) is 30.7 Å². The normalized spacial score (nSPS) is 12.1. The summed E-state index contributed by atoms with van der Waals surface area (Å²) >= 11 is 1.54. The predicted octanol–water partition coefficient (Wildman–Crippen LogP) is 10.1. The van der Waals surface area contributed by atoms with Crippen molar-refractivity contribution in [3.05, 3.63) is 91.0 Å². The van der Waals surface area contributed by atoms with Crippen LogP contribution in [0.15, 0.2) is 136 Å². The molecule has 0 aliphatic rings. The molecule has 0 amide bonds. The maximum atomic E-state index is 12.5. The van der Waals surface area contributed by atoms with Crippen LogP contribution in [0.5, 0.6) is 5.75 Å². The molecule has 0 heterocycles. The summed E-state index contributed by atoms with van der Waals surface area (Å²) in [5, 5.41) is 52.4. The number of nitrogens with zero attached hydrogens (tertiary/aromatic N) is 6. The van der Waals surface area contributed by atoms with Crippen molar-refractivity contribution < 1.29 is 50.3 Å². The number of aromatic hydroxyl groups is 1. The molecular weight excluding hydrogens is 811 g/mol. The highest BCUT2D eigenvalue weighted by atomic mass is 32.3. The maximum Gasteiger partial charge on any atom is 0.433 e. The van der Waals surface area contributed by atoms with Crippen LogP contribution in [-0.4, -0.2) is 37.5 Å². The number of unbranched alkanes of at least 4 members (excludes halogenated alkanes) is 1. The summed E-state index contributed by atoms with van der Waals surface area (Å²) in [6.07, 6.45) is 3.26. The quantitative estimate of drug-likeness (QED) is 0.0105. The van der Waals surface area contributed by atoms with Crippen LogP contribution in [0, 0.1) is 11.4 Å². The number of thioether (sulfide) groups is 1. The Morgan fingerprint density at radius 2 is 1.30 bits per heavy atom. The summed E-state index contributed by atoms with van der Waals surface area (Å²) in [6, 6.07) is 23.9. The third-order valence-corrected chi connectivity index (χ3v) is 10.6. The Bertz CT molecular complexity index is 2550. The molecule has 0 spiro atoms. The average molecular weight is 840 g/mol. The molecule has 0 saturated carbocycles. The van der Waals surface area contributed by atoms with Gasteiger partial charge >= 0.3 is 10.4 Å². The standard InChI is InChI=1S/C34H29N7O11S4/c1-2-3-20-55(44,45)27-14-10-25(11-15-27)38-40-32-29-21-31(54-51-50-43)33(34(42)28(29)16-17-30(32)35)41-39-23-6-4-22(5-7-23)36-37-24-8-12-26(13-9-24)53-19-18-49-52-56(46,47)48/h4-17,21,42-43H,2-3,20,35H2,1H3,(H,46,47,48). The topological polar surface area (TPSA) is 266 Å². The van der Waals surface area contributed by atoms with E-state index in [-0.39, 0.29) is 38.4 Å². The van der Waals surface area contributed by atoms with E-state index < -0.39 is 20.2 Å². The fourth-order valence-corrected chi connectivity index (χ4v) is 7.10. The molecule has 0 radical (unpaired) electrons. The van der Waals surface area contributed by atoms with E-state index in [4.69, 9.17) is 15.5 Å². The van der Waals surface area contributed by atoms with Gasteiger partial charge in [0, 0.05) is 20.9 Å². The lowest BCUT2D eigenvalue weighted by Crippen LogP contribution is -2.06. The molecule has 56 heavy (non-hydrogen) atoms. The van der Waals surface area contributed by atoms with Crippen molar-refractivity contribution in [3.8, 4) is 17.1 Å². The molecular formula is C34H29N7O11S4. The number of phenolic OH excluding ortho intramolecular Hbond substituents is 1. The molecule has 0 aliphatic heterocycles. The molecule has 0 atom stereocenters. The summed E-state index contributed by atoms with van der Waals surface area (Å²) in [5.74, 6) is -0.261. The zero-order valence-corrected chi connectivity index (χ0v) is 32.0. The molecule has 22 heteroatoms. The first kappa shape index (κ1) is 41.7. The van der Waals surface area contributed by atoms with E-state index >= 15 is 0 Å². The van der Waals surface area contributed by atoms with Gasteiger partial charge in [0.25, 0.3) is 0 Å². The summed E-state index contributed by atoms with van der Waals surface area (Å²) < 4.78 is 62.6. The largest absolute Gasteiger partial charge is 0.505 e. The second-order valence-corrected chi connectivity index (χ2v) is 15.8. The Morgan fingerprint density at radius 1 is 0.750 bits per heavy atom. The lowest BCUT2D eigenvalue weighted by Gasteiger charge is -2.11. The molecule has 0 unspecified atom stereocenters. The number of hydrogen-bond acceptors (Lipinski definition) is 19. The Morgan fingerprint density at radius 3 is 1.88 bits per heavy atom. The number of sulfone groups is 1. The highest BCUT2D eigenvalue weighted by Crippen LogP contribution is 2.47. The molecule has 0 aliphatic carbocycles. The van der Waals surface area contributed by atoms with Crippen molar-refractivity contribution in [2.75, 3.05) is 11.5 Å². The zero-order chi connectivity index (χ0) is 40.1. The molecule has 0 aromatic heterocycles. The minimum atomic E-state index is -4.76. The van der Waals surface area contributed by atoms with Gasteiger partial charge in [-0.1, -0.05) is 18.4 Å². The van der Waals surface area contributed by atoms with Gasteiger partial charge in [-0.05, 0) is 114 Å². The second-order valence-electron chi connectivity index (χ2n) is 11.1. The number of azo groups is 3. The van der Waals surface area contributed by atoms with E-state index in [9.17, 15) is 21.9 Å². The van der Waals surface area contributed by atoms with Gasteiger partial charge in [0.15, 0.2) is 21.7 Å². The smallest absolute Gasteiger partial charge is 0.433 e. The highest BCUT2D eigenvalue weighted by Gasteiger charge is 2.19. The van der Waals surface area contributed by atoms with E-state index in [2.05, 4.69) is 54.5 Å². The highest BCUT2D eigenvalue weighted by molar-refractivity contribution is 8.04. The SMILES string of the molecule is CCCCS(=O)(=O)c1ccc(N=Nc2c(N)ccc3c(O)c(N=Nc4ccc(N=Nc5ccc(SC#COOS(=O)(=O)O)cc5)cc4)c(SOOO)cc23)cc1. The summed E-state index contributed by atoms with van der Waals surface area (Å²) in [6.45, 7) is 1.92. The number of nitrogen functional groups attached to an aromatic ring is 1. The Labute approximate surface area is 328 Å². The lowest BCUT2D eigenvalue weighted by molar-refractivity contribution is -0.432. The molecule has 290 valence electrons. The van der Waals surface area contributed by atoms with Crippen LogP contribution < -0.4 is 5.73 Å². The first-order chi connectivity index (χ1) is 26.9.